The molecule has 1 N–H and O–H groups in total. The van der Waals surface area contributed by atoms with Gasteiger partial charge in [0.05, 0.1) is 11.3 Å². The van der Waals surface area contributed by atoms with Gasteiger partial charge in [0.25, 0.3) is 0 Å². The van der Waals surface area contributed by atoms with Crippen LogP contribution in [-0.4, -0.2) is 15.7 Å². The first kappa shape index (κ1) is 19.8. The molecule has 0 spiro atoms. The molecule has 0 aliphatic heterocycles. The zero-order chi connectivity index (χ0) is 20.4. The van der Waals surface area contributed by atoms with Crippen molar-refractivity contribution >= 4 is 23.3 Å². The van der Waals surface area contributed by atoms with Crippen LogP contribution in [0.3, 0.4) is 0 Å². The SMILES string of the molecule is Cc1nn(-c2ccc(F)cc2)c(NC(=O)C(C)C)c(-c2ccc(Cl)cc2)c1=O. The molecule has 3 aromatic rings. The van der Waals surface area contributed by atoms with Gasteiger partial charge in [0, 0.05) is 10.9 Å². The van der Waals surface area contributed by atoms with E-state index in [1.807, 2.05) is 0 Å². The summed E-state index contributed by atoms with van der Waals surface area (Å²) in [6, 6.07) is 12.4. The van der Waals surface area contributed by atoms with Crippen LogP contribution in [0.15, 0.2) is 53.3 Å². The molecule has 3 rings (SSSR count). The number of halogens is 2. The Bertz CT molecular complexity index is 1070. The summed E-state index contributed by atoms with van der Waals surface area (Å²) in [5, 5.41) is 7.67. The summed E-state index contributed by atoms with van der Waals surface area (Å²) < 4.78 is 14.8. The molecule has 5 nitrogen and oxygen atoms in total. The zero-order valence-electron chi connectivity index (χ0n) is 15.7. The van der Waals surface area contributed by atoms with Crippen molar-refractivity contribution < 1.29 is 9.18 Å². The normalized spacial score (nSPS) is 10.9. The van der Waals surface area contributed by atoms with Gasteiger partial charge in [-0.1, -0.05) is 37.6 Å². The number of amides is 1. The van der Waals surface area contributed by atoms with E-state index < -0.39 is 5.82 Å². The summed E-state index contributed by atoms with van der Waals surface area (Å²) in [6.07, 6.45) is 0. The maximum absolute atomic E-state index is 13.4. The molecule has 0 radical (unpaired) electrons. The first-order chi connectivity index (χ1) is 13.3. The van der Waals surface area contributed by atoms with Gasteiger partial charge in [0.1, 0.15) is 17.3 Å². The number of hydrogen-bond donors (Lipinski definition) is 1. The number of aryl methyl sites for hydroxylation is 1. The Morgan fingerprint density at radius 2 is 1.71 bits per heavy atom. The van der Waals surface area contributed by atoms with Gasteiger partial charge in [-0.2, -0.15) is 5.10 Å². The lowest BCUT2D eigenvalue weighted by Gasteiger charge is -2.19. The molecule has 144 valence electrons. The van der Waals surface area contributed by atoms with Crippen molar-refractivity contribution in [3.8, 4) is 16.8 Å². The van der Waals surface area contributed by atoms with E-state index in [1.165, 1.54) is 28.9 Å². The van der Waals surface area contributed by atoms with E-state index in [2.05, 4.69) is 10.4 Å². The van der Waals surface area contributed by atoms with Crippen molar-refractivity contribution in [2.24, 2.45) is 5.92 Å². The lowest BCUT2D eigenvalue weighted by Crippen LogP contribution is -2.26. The maximum Gasteiger partial charge on any atom is 0.228 e. The van der Waals surface area contributed by atoms with E-state index in [-0.39, 0.29) is 28.8 Å². The number of nitrogens with zero attached hydrogens (tertiary/aromatic N) is 2. The van der Waals surface area contributed by atoms with Crippen LogP contribution in [0.2, 0.25) is 5.02 Å². The van der Waals surface area contributed by atoms with Crippen LogP contribution in [-0.2, 0) is 4.79 Å². The quantitative estimate of drug-likeness (QED) is 0.697. The fourth-order valence-electron chi connectivity index (χ4n) is 2.67. The van der Waals surface area contributed by atoms with Crippen molar-refractivity contribution in [3.63, 3.8) is 0 Å². The Balaban J connectivity index is 2.32. The predicted molar refractivity (Wildman–Crippen MR) is 108 cm³/mol. The van der Waals surface area contributed by atoms with Gasteiger partial charge < -0.3 is 5.32 Å². The van der Waals surface area contributed by atoms with Crippen LogP contribution >= 0.6 is 11.6 Å². The number of nitrogens with one attached hydrogen (secondary N) is 1. The largest absolute Gasteiger partial charge is 0.310 e. The average molecular weight is 400 g/mol. The highest BCUT2D eigenvalue weighted by Gasteiger charge is 2.21. The van der Waals surface area contributed by atoms with Gasteiger partial charge in [-0.25, -0.2) is 9.07 Å². The molecular formula is C21H19ClFN3O2. The second-order valence-corrected chi connectivity index (χ2v) is 7.11. The van der Waals surface area contributed by atoms with E-state index in [4.69, 9.17) is 11.6 Å². The molecule has 0 aliphatic carbocycles. The molecule has 0 atom stereocenters. The number of benzene rings is 2. The topological polar surface area (TPSA) is 64.0 Å². The van der Waals surface area contributed by atoms with Crippen molar-refractivity contribution in [2.75, 3.05) is 5.32 Å². The fraction of sp³-hybridized carbons (Fsp3) is 0.190. The molecule has 1 amide bonds. The molecule has 28 heavy (non-hydrogen) atoms. The molecule has 2 aromatic carbocycles. The van der Waals surface area contributed by atoms with Gasteiger partial charge >= 0.3 is 0 Å². The number of aromatic nitrogens is 2. The lowest BCUT2D eigenvalue weighted by atomic mass is 10.0. The molecule has 0 aliphatic rings. The van der Waals surface area contributed by atoms with Gasteiger partial charge in [-0.3, -0.25) is 9.59 Å². The Labute approximate surface area is 166 Å². The monoisotopic (exact) mass is 399 g/mol. The molecule has 1 aromatic heterocycles. The number of rotatable bonds is 4. The third-order valence-corrected chi connectivity index (χ3v) is 4.48. The Hall–Kier alpha value is -2.99. The molecular weight excluding hydrogens is 381 g/mol. The van der Waals surface area contributed by atoms with Gasteiger partial charge in [-0.15, -0.1) is 0 Å². The number of carbonyl (C=O) groups excluding carboxylic acids is 1. The van der Waals surface area contributed by atoms with Crippen molar-refractivity contribution in [3.05, 3.63) is 75.3 Å². The summed E-state index contributed by atoms with van der Waals surface area (Å²) in [5.41, 5.74) is 1.34. The molecule has 1 heterocycles. The van der Waals surface area contributed by atoms with Gasteiger partial charge in [-0.05, 0) is 48.9 Å². The van der Waals surface area contributed by atoms with E-state index in [1.54, 1.807) is 45.0 Å². The minimum Gasteiger partial charge on any atom is -0.310 e. The first-order valence-electron chi connectivity index (χ1n) is 8.74. The number of carbonyl (C=O) groups is 1. The average Bonchev–Trinajstić information content (AvgIpc) is 2.66. The smallest absolute Gasteiger partial charge is 0.228 e. The minimum atomic E-state index is -0.396. The molecule has 0 saturated carbocycles. The molecule has 0 unspecified atom stereocenters. The summed E-state index contributed by atoms with van der Waals surface area (Å²) in [6.45, 7) is 5.09. The van der Waals surface area contributed by atoms with Crippen molar-refractivity contribution in [1.82, 2.24) is 9.78 Å². The maximum atomic E-state index is 13.4. The van der Waals surface area contributed by atoms with Crippen LogP contribution in [0.5, 0.6) is 0 Å². The Morgan fingerprint density at radius 3 is 2.29 bits per heavy atom. The summed E-state index contributed by atoms with van der Waals surface area (Å²) in [5.74, 6) is -0.747. The first-order valence-corrected chi connectivity index (χ1v) is 9.12. The summed E-state index contributed by atoms with van der Waals surface area (Å²) >= 11 is 5.98. The van der Waals surface area contributed by atoms with Crippen molar-refractivity contribution in [2.45, 2.75) is 20.8 Å². The molecule has 7 heteroatoms. The standard InChI is InChI=1S/C21H19ClFN3O2/c1-12(2)21(28)24-20-18(14-4-6-15(22)7-5-14)19(27)13(3)25-26(20)17-10-8-16(23)9-11-17/h4-12H,1-3H3,(H,24,28). The highest BCUT2D eigenvalue weighted by molar-refractivity contribution is 6.30. The van der Waals surface area contributed by atoms with E-state index >= 15 is 0 Å². The highest BCUT2D eigenvalue weighted by atomic mass is 35.5. The number of anilines is 1. The zero-order valence-corrected chi connectivity index (χ0v) is 16.4. The van der Waals surface area contributed by atoms with Gasteiger partial charge in [0.2, 0.25) is 11.3 Å². The second-order valence-electron chi connectivity index (χ2n) is 6.68. The molecule has 0 saturated heterocycles. The lowest BCUT2D eigenvalue weighted by molar-refractivity contribution is -0.118. The highest BCUT2D eigenvalue weighted by Crippen LogP contribution is 2.28. The summed E-state index contributed by atoms with van der Waals surface area (Å²) in [4.78, 5) is 25.4. The predicted octanol–water partition coefficient (Wildman–Crippen LogP) is 4.59. The fourth-order valence-corrected chi connectivity index (χ4v) is 2.80. The van der Waals surface area contributed by atoms with Crippen LogP contribution in [0.4, 0.5) is 10.2 Å². The Kier molecular flexibility index (Phi) is 5.61. The summed E-state index contributed by atoms with van der Waals surface area (Å²) in [7, 11) is 0. The van der Waals surface area contributed by atoms with Crippen molar-refractivity contribution in [1.29, 1.82) is 0 Å². The third-order valence-electron chi connectivity index (χ3n) is 4.22. The Morgan fingerprint density at radius 1 is 1.11 bits per heavy atom. The minimum absolute atomic E-state index is 0.225. The molecule has 0 bridgehead atoms. The van der Waals surface area contributed by atoms with Gasteiger partial charge in [0.15, 0.2) is 0 Å². The second kappa shape index (κ2) is 7.94. The van der Waals surface area contributed by atoms with E-state index in [0.717, 1.165) is 0 Å². The van der Waals surface area contributed by atoms with Crippen LogP contribution in [0.25, 0.3) is 16.8 Å². The number of hydrogen-bond acceptors (Lipinski definition) is 3. The van der Waals surface area contributed by atoms with E-state index in [0.29, 0.717) is 21.8 Å². The molecule has 0 fully saturated rings. The van der Waals surface area contributed by atoms with Crippen LogP contribution < -0.4 is 10.7 Å². The van der Waals surface area contributed by atoms with Crippen LogP contribution in [0.1, 0.15) is 19.5 Å². The van der Waals surface area contributed by atoms with Crippen LogP contribution in [0, 0.1) is 18.7 Å². The third kappa shape index (κ3) is 3.97. The van der Waals surface area contributed by atoms with E-state index in [9.17, 15) is 14.0 Å².